The van der Waals surface area contributed by atoms with Gasteiger partial charge in [0.15, 0.2) is 11.6 Å². The van der Waals surface area contributed by atoms with Crippen molar-refractivity contribution in [2.24, 2.45) is 0 Å². The number of anilines is 2. The van der Waals surface area contributed by atoms with E-state index in [9.17, 15) is 35.2 Å². The first kappa shape index (κ1) is 28.1. The van der Waals surface area contributed by atoms with Crippen LogP contribution in [0.1, 0.15) is 49.4 Å². The Hall–Kier alpha value is -3.15. The third-order valence-corrected chi connectivity index (χ3v) is 5.80. The van der Waals surface area contributed by atoms with Gasteiger partial charge in [-0.05, 0) is 54.8 Å². The standard InChI is InChI=1S/C23H26F5N3O3S/c1-4-5-10-29-20-13-17(23(26,27)28)8-6-15(20)7-9-21(32)30-14(2)16-11-18(24)22(19(25)12-16)31(3)35(33)34/h6-9,11-14,29,35H,4-5,10H2,1-3H3,(H,30,32). The zero-order chi connectivity index (χ0) is 26.3. The van der Waals surface area contributed by atoms with Gasteiger partial charge in [-0.25, -0.2) is 17.2 Å². The molecule has 2 aromatic carbocycles. The minimum Gasteiger partial charge on any atom is -0.385 e. The van der Waals surface area contributed by atoms with E-state index >= 15 is 0 Å². The van der Waals surface area contributed by atoms with E-state index in [0.29, 0.717) is 16.4 Å². The summed E-state index contributed by atoms with van der Waals surface area (Å²) in [5.74, 6) is -2.89. The summed E-state index contributed by atoms with van der Waals surface area (Å²) in [5.41, 5.74) is -0.949. The zero-order valence-corrected chi connectivity index (χ0v) is 20.1. The Morgan fingerprint density at radius 3 is 2.31 bits per heavy atom. The Labute approximate surface area is 201 Å². The number of nitrogens with one attached hydrogen (secondary N) is 2. The summed E-state index contributed by atoms with van der Waals surface area (Å²) in [6.45, 7) is 3.85. The molecule has 0 aliphatic carbocycles. The van der Waals surface area contributed by atoms with Crippen LogP contribution in [0.25, 0.3) is 6.08 Å². The van der Waals surface area contributed by atoms with Crippen LogP contribution < -0.4 is 14.9 Å². The molecule has 0 saturated heterocycles. The van der Waals surface area contributed by atoms with Gasteiger partial charge < -0.3 is 10.6 Å². The minimum absolute atomic E-state index is 0.0523. The Bertz CT molecular complexity index is 1130. The van der Waals surface area contributed by atoms with Crippen molar-refractivity contribution in [1.29, 1.82) is 0 Å². The van der Waals surface area contributed by atoms with Crippen molar-refractivity contribution in [1.82, 2.24) is 5.32 Å². The van der Waals surface area contributed by atoms with Gasteiger partial charge in [-0.2, -0.15) is 13.2 Å². The average Bonchev–Trinajstić information content (AvgIpc) is 2.76. The highest BCUT2D eigenvalue weighted by Crippen LogP contribution is 2.33. The molecule has 1 unspecified atom stereocenters. The number of benzene rings is 2. The molecule has 0 bridgehead atoms. The number of rotatable bonds is 10. The van der Waals surface area contributed by atoms with Crippen LogP contribution in [0.5, 0.6) is 0 Å². The Morgan fingerprint density at radius 1 is 1.14 bits per heavy atom. The lowest BCUT2D eigenvalue weighted by Gasteiger charge is -2.18. The van der Waals surface area contributed by atoms with E-state index in [4.69, 9.17) is 0 Å². The molecule has 0 radical (unpaired) electrons. The van der Waals surface area contributed by atoms with Gasteiger partial charge in [-0.3, -0.25) is 9.10 Å². The van der Waals surface area contributed by atoms with Gasteiger partial charge >= 0.3 is 6.18 Å². The second-order valence-corrected chi connectivity index (χ2v) is 8.81. The second-order valence-electron chi connectivity index (χ2n) is 7.74. The summed E-state index contributed by atoms with van der Waals surface area (Å²) in [6.07, 6.45) is -0.508. The molecular weight excluding hydrogens is 493 g/mol. The van der Waals surface area contributed by atoms with E-state index in [1.165, 1.54) is 19.1 Å². The third-order valence-electron chi connectivity index (χ3n) is 5.11. The van der Waals surface area contributed by atoms with Gasteiger partial charge in [-0.1, -0.05) is 19.4 Å². The molecule has 0 heterocycles. The van der Waals surface area contributed by atoms with Crippen LogP contribution in [0, 0.1) is 11.6 Å². The van der Waals surface area contributed by atoms with E-state index in [-0.39, 0.29) is 11.3 Å². The molecule has 0 aliphatic heterocycles. The number of carbonyl (C=O) groups excluding carboxylic acids is 1. The number of thiol groups is 1. The Morgan fingerprint density at radius 2 is 1.77 bits per heavy atom. The van der Waals surface area contributed by atoms with Crippen molar-refractivity contribution in [2.75, 3.05) is 23.2 Å². The van der Waals surface area contributed by atoms with Crippen molar-refractivity contribution >= 4 is 34.2 Å². The second kappa shape index (κ2) is 12.0. The van der Waals surface area contributed by atoms with Crippen LogP contribution >= 0.6 is 0 Å². The molecule has 1 atom stereocenters. The monoisotopic (exact) mass is 519 g/mol. The largest absolute Gasteiger partial charge is 0.416 e. The highest BCUT2D eigenvalue weighted by molar-refractivity contribution is 7.74. The number of hydrogen-bond acceptors (Lipinski definition) is 4. The van der Waals surface area contributed by atoms with Gasteiger partial charge in [-0.15, -0.1) is 0 Å². The fraction of sp³-hybridized carbons (Fsp3) is 0.348. The number of halogens is 5. The fourth-order valence-corrected chi connectivity index (χ4v) is 3.52. The quantitative estimate of drug-likeness (QED) is 0.178. The SMILES string of the molecule is CCCCNc1cc(C(F)(F)F)ccc1C=CC(=O)NC(C)c1cc(F)c(N(C)[SH](=O)=O)c(F)c1. The van der Waals surface area contributed by atoms with Crippen molar-refractivity contribution in [3.8, 4) is 0 Å². The lowest BCUT2D eigenvalue weighted by Crippen LogP contribution is -2.25. The maximum atomic E-state index is 14.3. The summed E-state index contributed by atoms with van der Waals surface area (Å²) in [4.78, 5) is 12.4. The molecule has 192 valence electrons. The maximum Gasteiger partial charge on any atom is 0.416 e. The van der Waals surface area contributed by atoms with Crippen LogP contribution in [-0.4, -0.2) is 27.9 Å². The summed E-state index contributed by atoms with van der Waals surface area (Å²) in [5, 5.41) is 5.45. The van der Waals surface area contributed by atoms with Crippen LogP contribution in [0.4, 0.5) is 33.3 Å². The van der Waals surface area contributed by atoms with E-state index in [0.717, 1.165) is 50.2 Å². The molecule has 35 heavy (non-hydrogen) atoms. The zero-order valence-electron chi connectivity index (χ0n) is 19.2. The third kappa shape index (κ3) is 7.67. The van der Waals surface area contributed by atoms with Gasteiger partial charge in [0, 0.05) is 25.4 Å². The minimum atomic E-state index is -4.52. The van der Waals surface area contributed by atoms with Crippen molar-refractivity contribution < 1.29 is 35.2 Å². The number of nitrogens with zero attached hydrogens (tertiary/aromatic N) is 1. The smallest absolute Gasteiger partial charge is 0.385 e. The number of unbranched alkanes of at least 4 members (excludes halogenated alkanes) is 1. The number of alkyl halides is 3. The molecule has 12 heteroatoms. The first-order valence-corrected chi connectivity index (χ1v) is 11.8. The molecule has 1 amide bonds. The normalized spacial score (nSPS) is 12.7. The van der Waals surface area contributed by atoms with Gasteiger partial charge in [0.1, 0.15) is 5.69 Å². The molecule has 2 rings (SSSR count). The average molecular weight is 520 g/mol. The molecular formula is C23H26F5N3O3S. The summed E-state index contributed by atoms with van der Waals surface area (Å²) >= 11 is 0. The highest BCUT2D eigenvalue weighted by atomic mass is 32.2. The lowest BCUT2D eigenvalue weighted by molar-refractivity contribution is -0.137. The number of hydrogen-bond donors (Lipinski definition) is 3. The summed E-state index contributed by atoms with van der Waals surface area (Å²) < 4.78 is 90.3. The predicted molar refractivity (Wildman–Crippen MR) is 126 cm³/mol. The molecule has 0 fully saturated rings. The van der Waals surface area contributed by atoms with E-state index < -0.39 is 51.9 Å². The van der Waals surface area contributed by atoms with Gasteiger partial charge in [0.2, 0.25) is 16.8 Å². The molecule has 0 aliphatic rings. The predicted octanol–water partition coefficient (Wildman–Crippen LogP) is 5.05. The molecule has 2 N–H and O–H groups in total. The highest BCUT2D eigenvalue weighted by Gasteiger charge is 2.31. The van der Waals surface area contributed by atoms with Gasteiger partial charge in [0.05, 0.1) is 11.6 Å². The van der Waals surface area contributed by atoms with E-state index in [2.05, 4.69) is 10.6 Å². The Balaban J connectivity index is 2.20. The molecule has 2 aromatic rings. The van der Waals surface area contributed by atoms with Crippen molar-refractivity contribution in [3.63, 3.8) is 0 Å². The number of amides is 1. The molecule has 6 nitrogen and oxygen atoms in total. The van der Waals surface area contributed by atoms with E-state index in [1.807, 2.05) is 6.92 Å². The van der Waals surface area contributed by atoms with Gasteiger partial charge in [0.25, 0.3) is 0 Å². The van der Waals surface area contributed by atoms with E-state index in [1.54, 1.807) is 0 Å². The van der Waals surface area contributed by atoms with Crippen LogP contribution in [0.2, 0.25) is 0 Å². The molecule has 0 saturated carbocycles. The summed E-state index contributed by atoms with van der Waals surface area (Å²) in [6, 6.07) is 4.08. The van der Waals surface area contributed by atoms with Crippen molar-refractivity contribution in [2.45, 2.75) is 38.9 Å². The maximum absolute atomic E-state index is 14.3. The fourth-order valence-electron chi connectivity index (χ4n) is 3.17. The first-order chi connectivity index (χ1) is 16.3. The lowest BCUT2D eigenvalue weighted by atomic mass is 10.1. The topological polar surface area (TPSA) is 78.5 Å². The Kier molecular flexibility index (Phi) is 9.64. The first-order valence-electron chi connectivity index (χ1n) is 10.7. The van der Waals surface area contributed by atoms with Crippen LogP contribution in [-0.2, 0) is 21.9 Å². The molecule has 0 spiro atoms. The van der Waals surface area contributed by atoms with Crippen LogP contribution in [0.3, 0.4) is 0 Å². The molecule has 0 aromatic heterocycles. The van der Waals surface area contributed by atoms with Crippen molar-refractivity contribution in [3.05, 3.63) is 64.7 Å². The summed E-state index contributed by atoms with van der Waals surface area (Å²) in [7, 11) is -2.25. The van der Waals surface area contributed by atoms with Crippen LogP contribution in [0.15, 0.2) is 36.4 Å². The number of carbonyl (C=O) groups is 1.